The number of nitrogens with zero attached hydrogens (tertiary/aromatic N) is 3. The summed E-state index contributed by atoms with van der Waals surface area (Å²) in [6.45, 7) is 42.8. The van der Waals surface area contributed by atoms with Gasteiger partial charge in [-0.2, -0.15) is 0 Å². The second-order valence-corrected chi connectivity index (χ2v) is 18.0. The molecule has 1 aliphatic carbocycles. The van der Waals surface area contributed by atoms with Crippen LogP contribution in [0, 0.1) is 0 Å². The third-order valence-corrected chi connectivity index (χ3v) is 7.75. The number of hydrogen-bond acceptors (Lipinski definition) is 3. The number of anilines is 3. The van der Waals surface area contributed by atoms with Gasteiger partial charge >= 0.3 is 0 Å². The van der Waals surface area contributed by atoms with Gasteiger partial charge in [0.2, 0.25) is 0 Å². The lowest BCUT2D eigenvalue weighted by Crippen LogP contribution is -2.59. The summed E-state index contributed by atoms with van der Waals surface area (Å²) in [7, 11) is 0. The van der Waals surface area contributed by atoms with Crippen LogP contribution >= 0.6 is 0 Å². The monoisotopic (exact) mass is 547 g/mol. The molecule has 0 saturated heterocycles. The molecule has 0 aromatic heterocycles. The van der Waals surface area contributed by atoms with Gasteiger partial charge in [-0.15, -0.1) is 0 Å². The van der Waals surface area contributed by atoms with Crippen LogP contribution in [0.15, 0.2) is 30.3 Å². The van der Waals surface area contributed by atoms with Gasteiger partial charge in [-0.1, -0.05) is 24.3 Å². The smallest absolute Gasteiger partial charge is 0.0854 e. The minimum Gasteiger partial charge on any atom is -0.360 e. The molecule has 40 heavy (non-hydrogen) atoms. The summed E-state index contributed by atoms with van der Waals surface area (Å²) in [5.41, 5.74) is 9.18. The quantitative estimate of drug-likeness (QED) is 0.323. The van der Waals surface area contributed by atoms with E-state index in [-0.39, 0.29) is 33.2 Å². The first kappa shape index (κ1) is 32.4. The molecule has 0 amide bonds. The molecule has 2 aromatic rings. The van der Waals surface area contributed by atoms with Gasteiger partial charge < -0.3 is 14.7 Å². The predicted molar refractivity (Wildman–Crippen MR) is 181 cm³/mol. The average molecular weight is 548 g/mol. The molecule has 0 N–H and O–H groups in total. The summed E-state index contributed by atoms with van der Waals surface area (Å²) in [6.07, 6.45) is 0.962. The Balaban J connectivity index is 2.76. The van der Waals surface area contributed by atoms with Crippen molar-refractivity contribution in [2.75, 3.05) is 14.7 Å². The summed E-state index contributed by atoms with van der Waals surface area (Å²) in [5.74, 6) is 0. The summed E-state index contributed by atoms with van der Waals surface area (Å²) in [4.78, 5) is 8.15. The second-order valence-electron chi connectivity index (χ2n) is 18.0. The molecule has 0 bridgehead atoms. The molecule has 0 aliphatic heterocycles. The molecule has 0 heterocycles. The van der Waals surface area contributed by atoms with Crippen LogP contribution in [0.5, 0.6) is 0 Å². The number of fused-ring (bicyclic) bond motifs is 3. The highest BCUT2D eigenvalue weighted by atomic mass is 15.3. The van der Waals surface area contributed by atoms with Crippen LogP contribution in [-0.4, -0.2) is 33.2 Å². The van der Waals surface area contributed by atoms with Gasteiger partial charge in [0.25, 0.3) is 0 Å². The molecule has 1 aliphatic rings. The van der Waals surface area contributed by atoms with Crippen molar-refractivity contribution in [3.05, 3.63) is 41.5 Å². The first-order chi connectivity index (χ1) is 17.7. The highest BCUT2D eigenvalue weighted by Crippen LogP contribution is 2.57. The zero-order valence-electron chi connectivity index (χ0n) is 29.4. The topological polar surface area (TPSA) is 9.72 Å². The normalized spacial score (nSPS) is 14.7. The molecule has 0 atom stereocenters. The molecule has 0 fully saturated rings. The van der Waals surface area contributed by atoms with Crippen molar-refractivity contribution in [3.8, 4) is 11.1 Å². The highest BCUT2D eigenvalue weighted by molar-refractivity contribution is 5.98. The lowest BCUT2D eigenvalue weighted by atomic mass is 9.85. The van der Waals surface area contributed by atoms with Crippen LogP contribution in [0.1, 0.15) is 136 Å². The number of hydrogen-bond donors (Lipinski definition) is 0. The Labute approximate surface area is 248 Å². The average Bonchev–Trinajstić information content (AvgIpc) is 3.02. The summed E-state index contributed by atoms with van der Waals surface area (Å²) >= 11 is 0. The van der Waals surface area contributed by atoms with Crippen molar-refractivity contribution in [2.45, 2.75) is 164 Å². The Kier molecular flexibility index (Phi) is 7.85. The van der Waals surface area contributed by atoms with Crippen LogP contribution in [0.4, 0.5) is 17.1 Å². The van der Waals surface area contributed by atoms with Crippen LogP contribution in [0.25, 0.3) is 11.1 Å². The number of rotatable bonds is 3. The fourth-order valence-corrected chi connectivity index (χ4v) is 7.95. The van der Waals surface area contributed by atoms with Crippen LogP contribution in [0.3, 0.4) is 0 Å². The van der Waals surface area contributed by atoms with Crippen LogP contribution in [0.2, 0.25) is 0 Å². The summed E-state index contributed by atoms with van der Waals surface area (Å²) in [6, 6.07) is 11.6. The standard InChI is InChI=1S/C37H61N3/c1-32(2,3)38(33(4,5)6)29-24-27-26-22-20-19-21-25(26)23-28(27)30(39(34(7,8)9)35(10,11)12)31(29)40(36(13,14)15)37(16,17)18/h19-22,24H,23H2,1-18H3. The van der Waals surface area contributed by atoms with E-state index in [0.29, 0.717) is 0 Å². The molecular weight excluding hydrogens is 486 g/mol. The number of benzene rings is 2. The van der Waals surface area contributed by atoms with Crippen molar-refractivity contribution >= 4 is 17.1 Å². The Hall–Kier alpha value is -2.16. The van der Waals surface area contributed by atoms with E-state index in [2.05, 4.69) is 170 Å². The molecule has 0 radical (unpaired) electrons. The molecule has 0 spiro atoms. The van der Waals surface area contributed by atoms with Gasteiger partial charge in [-0.25, -0.2) is 0 Å². The highest BCUT2D eigenvalue weighted by Gasteiger charge is 2.45. The minimum atomic E-state index is -0.107. The van der Waals surface area contributed by atoms with E-state index < -0.39 is 0 Å². The van der Waals surface area contributed by atoms with E-state index in [1.165, 1.54) is 39.3 Å². The van der Waals surface area contributed by atoms with E-state index >= 15 is 0 Å². The Bertz CT molecular complexity index is 1180. The Morgan fingerprint density at radius 3 is 1.23 bits per heavy atom. The van der Waals surface area contributed by atoms with E-state index in [4.69, 9.17) is 0 Å². The van der Waals surface area contributed by atoms with Crippen molar-refractivity contribution < 1.29 is 0 Å². The SMILES string of the molecule is CC(C)(C)N(c1cc2c(c(N(C(C)(C)C)C(C)(C)C)c1N(C(C)(C)C)C(C)(C)C)Cc1ccccc1-2)C(C)(C)C. The maximum atomic E-state index is 2.73. The molecule has 2 aromatic carbocycles. The molecule has 0 unspecified atom stereocenters. The molecule has 3 rings (SSSR count). The second kappa shape index (κ2) is 9.70. The molecule has 0 saturated carbocycles. The molecule has 3 heteroatoms. The Morgan fingerprint density at radius 2 is 0.825 bits per heavy atom. The first-order valence-corrected chi connectivity index (χ1v) is 15.4. The largest absolute Gasteiger partial charge is 0.360 e. The van der Waals surface area contributed by atoms with Gasteiger partial charge in [0, 0.05) is 39.7 Å². The molecular formula is C37H61N3. The fourth-order valence-electron chi connectivity index (χ4n) is 7.95. The zero-order chi connectivity index (χ0) is 31.0. The predicted octanol–water partition coefficient (Wildman–Crippen LogP) is 10.5. The van der Waals surface area contributed by atoms with Gasteiger partial charge in [0.05, 0.1) is 17.1 Å². The van der Waals surface area contributed by atoms with Gasteiger partial charge in [0.1, 0.15) is 0 Å². The van der Waals surface area contributed by atoms with Gasteiger partial charge in [-0.05, 0) is 153 Å². The lowest BCUT2D eigenvalue weighted by molar-refractivity contribution is 0.358. The summed E-state index contributed by atoms with van der Waals surface area (Å²) < 4.78 is 0. The molecule has 224 valence electrons. The van der Waals surface area contributed by atoms with E-state index in [0.717, 1.165) is 6.42 Å². The Morgan fingerprint density at radius 1 is 0.450 bits per heavy atom. The van der Waals surface area contributed by atoms with Crippen molar-refractivity contribution in [3.63, 3.8) is 0 Å². The zero-order valence-corrected chi connectivity index (χ0v) is 29.4. The van der Waals surface area contributed by atoms with Crippen LogP contribution in [-0.2, 0) is 6.42 Å². The maximum absolute atomic E-state index is 2.73. The van der Waals surface area contributed by atoms with Crippen LogP contribution < -0.4 is 14.7 Å². The van der Waals surface area contributed by atoms with Crippen molar-refractivity contribution in [1.82, 2.24) is 0 Å². The van der Waals surface area contributed by atoms with Crippen molar-refractivity contribution in [2.24, 2.45) is 0 Å². The van der Waals surface area contributed by atoms with Gasteiger partial charge in [-0.3, -0.25) is 0 Å². The third kappa shape index (κ3) is 6.04. The van der Waals surface area contributed by atoms with Gasteiger partial charge in [0.15, 0.2) is 0 Å². The van der Waals surface area contributed by atoms with Crippen molar-refractivity contribution in [1.29, 1.82) is 0 Å². The van der Waals surface area contributed by atoms with E-state index in [9.17, 15) is 0 Å². The van der Waals surface area contributed by atoms with E-state index in [1.807, 2.05) is 0 Å². The maximum Gasteiger partial charge on any atom is 0.0854 e. The lowest BCUT2D eigenvalue weighted by Gasteiger charge is -2.56. The first-order valence-electron chi connectivity index (χ1n) is 15.4. The minimum absolute atomic E-state index is 0.0909. The third-order valence-electron chi connectivity index (χ3n) is 7.75. The molecule has 3 nitrogen and oxygen atoms in total. The summed E-state index contributed by atoms with van der Waals surface area (Å²) in [5, 5.41) is 0. The fraction of sp³-hybridized carbons (Fsp3) is 0.676. The van der Waals surface area contributed by atoms with E-state index in [1.54, 1.807) is 0 Å².